The Hall–Kier alpha value is -1.10. The molecule has 1 atom stereocenters. The van der Waals surface area contributed by atoms with Gasteiger partial charge in [0, 0.05) is 12.0 Å². The molecule has 0 spiro atoms. The van der Waals surface area contributed by atoms with Gasteiger partial charge < -0.3 is 14.7 Å². The van der Waals surface area contributed by atoms with Gasteiger partial charge in [-0.05, 0) is 0 Å². The molecule has 0 radical (unpaired) electrons. The number of carbonyl (C=O) groups excluding carboxylic acids is 1. The Morgan fingerprint density at radius 1 is 1.40 bits per heavy atom. The Morgan fingerprint density at radius 3 is 2.47 bits per heavy atom. The molecule has 0 aromatic heterocycles. The van der Waals surface area contributed by atoms with E-state index in [1.165, 1.54) is 4.90 Å². The molecule has 1 rings (SSSR count). The van der Waals surface area contributed by atoms with Crippen LogP contribution in [0.15, 0.2) is 0 Å². The molecular formula is C10H17NO4. The number of carbonyl (C=O) groups is 2. The van der Waals surface area contributed by atoms with Gasteiger partial charge in [0.25, 0.3) is 0 Å². The van der Waals surface area contributed by atoms with Crippen LogP contribution in [0.25, 0.3) is 0 Å². The van der Waals surface area contributed by atoms with Crippen LogP contribution in [0.5, 0.6) is 0 Å². The normalized spacial score (nSPS) is 22.6. The van der Waals surface area contributed by atoms with Gasteiger partial charge in [-0.3, -0.25) is 4.79 Å². The van der Waals surface area contributed by atoms with Crippen molar-refractivity contribution in [3.63, 3.8) is 0 Å². The standard InChI is InChI=1S/C10H17NO4/c1-10(2,3)9(14)11-4-5-15-6-7(11)8(12)13/h7H,4-6H2,1-3H3,(H,12,13). The molecule has 0 bridgehead atoms. The Morgan fingerprint density at radius 2 is 2.00 bits per heavy atom. The monoisotopic (exact) mass is 215 g/mol. The third-order valence-electron chi connectivity index (χ3n) is 2.32. The summed E-state index contributed by atoms with van der Waals surface area (Å²) in [6.07, 6.45) is 0. The predicted octanol–water partition coefficient (Wildman–Crippen LogP) is 0.344. The second kappa shape index (κ2) is 4.18. The molecule has 5 nitrogen and oxygen atoms in total. The van der Waals surface area contributed by atoms with Gasteiger partial charge >= 0.3 is 5.97 Å². The lowest BCUT2D eigenvalue weighted by molar-refractivity contribution is -0.162. The first-order chi connectivity index (χ1) is 6.84. The summed E-state index contributed by atoms with van der Waals surface area (Å²) >= 11 is 0. The summed E-state index contributed by atoms with van der Waals surface area (Å²) in [4.78, 5) is 24.3. The molecule has 0 aromatic rings. The SMILES string of the molecule is CC(C)(C)C(=O)N1CCOCC1C(=O)O. The molecule has 0 aliphatic carbocycles. The lowest BCUT2D eigenvalue weighted by Gasteiger charge is -2.36. The number of hydrogen-bond donors (Lipinski definition) is 1. The number of nitrogens with zero attached hydrogens (tertiary/aromatic N) is 1. The minimum atomic E-state index is -1.01. The van der Waals surface area contributed by atoms with Crippen molar-refractivity contribution in [1.29, 1.82) is 0 Å². The maximum Gasteiger partial charge on any atom is 0.328 e. The van der Waals surface area contributed by atoms with Crippen molar-refractivity contribution in [2.75, 3.05) is 19.8 Å². The fourth-order valence-electron chi connectivity index (χ4n) is 1.48. The first-order valence-corrected chi connectivity index (χ1v) is 4.95. The van der Waals surface area contributed by atoms with Crippen LogP contribution in [-0.2, 0) is 14.3 Å². The number of carboxylic acids is 1. The summed E-state index contributed by atoms with van der Waals surface area (Å²) in [6.45, 7) is 6.19. The summed E-state index contributed by atoms with van der Waals surface area (Å²) in [5, 5.41) is 8.95. The maximum absolute atomic E-state index is 11.9. The van der Waals surface area contributed by atoms with Gasteiger partial charge in [0.1, 0.15) is 0 Å². The van der Waals surface area contributed by atoms with E-state index in [1.807, 2.05) is 0 Å². The van der Waals surface area contributed by atoms with Crippen molar-refractivity contribution >= 4 is 11.9 Å². The van der Waals surface area contributed by atoms with Gasteiger partial charge in [-0.2, -0.15) is 0 Å². The minimum absolute atomic E-state index is 0.0805. The average molecular weight is 215 g/mol. The van der Waals surface area contributed by atoms with Crippen LogP contribution >= 0.6 is 0 Å². The highest BCUT2D eigenvalue weighted by Crippen LogP contribution is 2.20. The summed E-state index contributed by atoms with van der Waals surface area (Å²) in [5.41, 5.74) is -0.551. The third kappa shape index (κ3) is 2.68. The van der Waals surface area contributed by atoms with Gasteiger partial charge in [0.15, 0.2) is 6.04 Å². The van der Waals surface area contributed by atoms with E-state index in [4.69, 9.17) is 9.84 Å². The van der Waals surface area contributed by atoms with Crippen LogP contribution in [0, 0.1) is 5.41 Å². The Bertz CT molecular complexity index is 269. The Balaban J connectivity index is 2.81. The highest BCUT2D eigenvalue weighted by Gasteiger charge is 2.37. The summed E-state index contributed by atoms with van der Waals surface area (Å²) in [7, 11) is 0. The fraction of sp³-hybridized carbons (Fsp3) is 0.800. The third-order valence-corrected chi connectivity index (χ3v) is 2.32. The number of hydrogen-bond acceptors (Lipinski definition) is 3. The molecule has 1 aliphatic heterocycles. The molecule has 1 fully saturated rings. The predicted molar refractivity (Wildman–Crippen MR) is 53.4 cm³/mol. The average Bonchev–Trinajstić information content (AvgIpc) is 2.15. The van der Waals surface area contributed by atoms with E-state index in [9.17, 15) is 9.59 Å². The van der Waals surface area contributed by atoms with Gasteiger partial charge in [-0.25, -0.2) is 4.79 Å². The summed E-state index contributed by atoms with van der Waals surface area (Å²) in [5.74, 6) is -1.15. The van der Waals surface area contributed by atoms with Gasteiger partial charge in [0.2, 0.25) is 5.91 Å². The zero-order chi connectivity index (χ0) is 11.6. The van der Waals surface area contributed by atoms with Crippen LogP contribution in [0.3, 0.4) is 0 Å². The molecule has 0 saturated carbocycles. The van der Waals surface area contributed by atoms with Crippen LogP contribution < -0.4 is 0 Å². The van der Waals surface area contributed by atoms with Crippen molar-refractivity contribution in [3.05, 3.63) is 0 Å². The molecular weight excluding hydrogens is 198 g/mol. The Kier molecular flexibility index (Phi) is 3.34. The molecule has 1 unspecified atom stereocenters. The van der Waals surface area contributed by atoms with Crippen LogP contribution in [-0.4, -0.2) is 47.7 Å². The molecule has 5 heteroatoms. The number of morpholine rings is 1. The van der Waals surface area contributed by atoms with E-state index in [0.717, 1.165) is 0 Å². The number of aliphatic carboxylic acids is 1. The van der Waals surface area contributed by atoms with Crippen molar-refractivity contribution in [2.45, 2.75) is 26.8 Å². The zero-order valence-electron chi connectivity index (χ0n) is 9.32. The van der Waals surface area contributed by atoms with Crippen LogP contribution in [0.1, 0.15) is 20.8 Å². The topological polar surface area (TPSA) is 66.8 Å². The lowest BCUT2D eigenvalue weighted by Crippen LogP contribution is -2.55. The minimum Gasteiger partial charge on any atom is -0.480 e. The van der Waals surface area contributed by atoms with Crippen molar-refractivity contribution in [3.8, 4) is 0 Å². The van der Waals surface area contributed by atoms with E-state index in [0.29, 0.717) is 13.2 Å². The summed E-state index contributed by atoms with van der Waals surface area (Å²) in [6, 6.07) is -0.842. The molecule has 0 aromatic carbocycles. The first-order valence-electron chi connectivity index (χ1n) is 4.95. The summed E-state index contributed by atoms with van der Waals surface area (Å²) < 4.78 is 5.06. The van der Waals surface area contributed by atoms with E-state index in [2.05, 4.69) is 0 Å². The molecule has 1 saturated heterocycles. The van der Waals surface area contributed by atoms with Crippen LogP contribution in [0.4, 0.5) is 0 Å². The number of ether oxygens (including phenoxy) is 1. The smallest absolute Gasteiger partial charge is 0.328 e. The van der Waals surface area contributed by atoms with E-state index in [-0.39, 0.29) is 12.5 Å². The second-order valence-corrected chi connectivity index (χ2v) is 4.68. The van der Waals surface area contributed by atoms with Crippen molar-refractivity contribution < 1.29 is 19.4 Å². The largest absolute Gasteiger partial charge is 0.480 e. The molecule has 1 amide bonds. The van der Waals surface area contributed by atoms with E-state index in [1.54, 1.807) is 20.8 Å². The maximum atomic E-state index is 11.9. The highest BCUT2D eigenvalue weighted by molar-refractivity contribution is 5.87. The molecule has 1 aliphatic rings. The van der Waals surface area contributed by atoms with Crippen molar-refractivity contribution in [1.82, 2.24) is 4.90 Å². The van der Waals surface area contributed by atoms with Gasteiger partial charge in [-0.15, -0.1) is 0 Å². The first kappa shape index (κ1) is 12.0. The van der Waals surface area contributed by atoms with E-state index < -0.39 is 17.4 Å². The second-order valence-electron chi connectivity index (χ2n) is 4.68. The van der Waals surface area contributed by atoms with Crippen molar-refractivity contribution in [2.24, 2.45) is 5.41 Å². The quantitative estimate of drug-likeness (QED) is 0.685. The molecule has 15 heavy (non-hydrogen) atoms. The van der Waals surface area contributed by atoms with Gasteiger partial charge in [-0.1, -0.05) is 20.8 Å². The molecule has 1 N–H and O–H groups in total. The zero-order valence-corrected chi connectivity index (χ0v) is 9.32. The highest BCUT2D eigenvalue weighted by atomic mass is 16.5. The van der Waals surface area contributed by atoms with Gasteiger partial charge in [0.05, 0.1) is 13.2 Å². The van der Waals surface area contributed by atoms with E-state index >= 15 is 0 Å². The molecule has 86 valence electrons. The number of carboxylic acid groups (broad SMARTS) is 1. The lowest BCUT2D eigenvalue weighted by atomic mass is 9.93. The molecule has 1 heterocycles. The number of amides is 1. The fourth-order valence-corrected chi connectivity index (χ4v) is 1.48. The Labute approximate surface area is 89.0 Å². The van der Waals surface area contributed by atoms with Crippen LogP contribution in [0.2, 0.25) is 0 Å². The number of rotatable bonds is 1.